The maximum Gasteiger partial charge on any atom is 0.258 e. The van der Waals surface area contributed by atoms with Crippen molar-refractivity contribution in [3.05, 3.63) is 29.6 Å². The van der Waals surface area contributed by atoms with Gasteiger partial charge in [-0.3, -0.25) is 4.79 Å². The lowest BCUT2D eigenvalue weighted by Crippen LogP contribution is -2.29. The Bertz CT molecular complexity index is 469. The van der Waals surface area contributed by atoms with Gasteiger partial charge in [-0.2, -0.15) is 5.26 Å². The summed E-state index contributed by atoms with van der Waals surface area (Å²) in [4.78, 5) is 11.1. The number of nitrogens with zero attached hydrogens (tertiary/aromatic N) is 1. The minimum atomic E-state index is -0.571. The Labute approximate surface area is 104 Å². The van der Waals surface area contributed by atoms with Crippen LogP contribution in [0.5, 0.6) is 5.75 Å². The lowest BCUT2D eigenvalue weighted by Gasteiger charge is -2.10. The van der Waals surface area contributed by atoms with Crippen LogP contribution in [0.1, 0.15) is 18.5 Å². The average molecular weight is 251 g/mol. The number of hydrogen-bond donors (Lipinski definition) is 2. The van der Waals surface area contributed by atoms with E-state index < -0.39 is 11.7 Å². The van der Waals surface area contributed by atoms with Gasteiger partial charge in [-0.05, 0) is 24.6 Å². The molecule has 0 bridgehead atoms. The number of carbonyl (C=O) groups is 1. The van der Waals surface area contributed by atoms with Crippen LogP contribution in [0.2, 0.25) is 0 Å². The second-order valence-corrected chi connectivity index (χ2v) is 3.70. The van der Waals surface area contributed by atoms with Crippen molar-refractivity contribution < 1.29 is 13.9 Å². The van der Waals surface area contributed by atoms with Crippen LogP contribution in [-0.2, 0) is 4.79 Å². The molecule has 18 heavy (non-hydrogen) atoms. The first-order valence-electron chi connectivity index (χ1n) is 5.36. The second-order valence-electron chi connectivity index (χ2n) is 3.70. The molecule has 0 saturated heterocycles. The molecule has 1 aromatic carbocycles. The number of amides is 1. The topological polar surface area (TPSA) is 88.1 Å². The van der Waals surface area contributed by atoms with Gasteiger partial charge in [0, 0.05) is 6.04 Å². The van der Waals surface area contributed by atoms with Gasteiger partial charge in [0.2, 0.25) is 0 Å². The van der Waals surface area contributed by atoms with Gasteiger partial charge < -0.3 is 15.8 Å². The van der Waals surface area contributed by atoms with Gasteiger partial charge in [-0.15, -0.1) is 0 Å². The third-order valence-corrected chi connectivity index (χ3v) is 2.21. The fraction of sp³-hybridized carbons (Fsp3) is 0.333. The molecule has 6 heteroatoms. The fourth-order valence-corrected chi connectivity index (χ4v) is 1.25. The van der Waals surface area contributed by atoms with Gasteiger partial charge in [0.15, 0.2) is 18.2 Å². The number of hydrogen-bond acceptors (Lipinski definition) is 4. The highest BCUT2D eigenvalue weighted by Gasteiger charge is 2.09. The van der Waals surface area contributed by atoms with E-state index in [0.717, 1.165) is 0 Å². The molecule has 0 aliphatic rings. The van der Waals surface area contributed by atoms with E-state index in [-0.39, 0.29) is 24.9 Å². The average Bonchev–Trinajstić information content (AvgIpc) is 2.34. The number of benzene rings is 1. The molecule has 0 heterocycles. The molecule has 1 amide bonds. The Morgan fingerprint density at radius 3 is 2.94 bits per heavy atom. The van der Waals surface area contributed by atoms with Crippen molar-refractivity contribution in [1.82, 2.24) is 5.32 Å². The van der Waals surface area contributed by atoms with Crippen LogP contribution in [0.3, 0.4) is 0 Å². The molecule has 0 saturated carbocycles. The number of carbonyl (C=O) groups excluding carboxylic acids is 1. The van der Waals surface area contributed by atoms with Gasteiger partial charge in [0.25, 0.3) is 5.91 Å². The molecule has 5 nitrogen and oxygen atoms in total. The van der Waals surface area contributed by atoms with Crippen molar-refractivity contribution in [2.24, 2.45) is 5.73 Å². The maximum absolute atomic E-state index is 13.5. The van der Waals surface area contributed by atoms with Crippen LogP contribution >= 0.6 is 0 Å². The molecule has 0 fully saturated rings. The molecule has 0 aliphatic carbocycles. The van der Waals surface area contributed by atoms with Crippen LogP contribution in [0.4, 0.5) is 4.39 Å². The van der Waals surface area contributed by atoms with E-state index in [2.05, 4.69) is 5.32 Å². The van der Waals surface area contributed by atoms with E-state index in [1.165, 1.54) is 12.1 Å². The van der Waals surface area contributed by atoms with Gasteiger partial charge in [0.05, 0.1) is 6.07 Å². The van der Waals surface area contributed by atoms with E-state index in [4.69, 9.17) is 15.7 Å². The van der Waals surface area contributed by atoms with Crippen molar-refractivity contribution in [3.63, 3.8) is 0 Å². The summed E-state index contributed by atoms with van der Waals surface area (Å²) >= 11 is 0. The summed E-state index contributed by atoms with van der Waals surface area (Å²) in [6.07, 6.45) is 0. The minimum absolute atomic E-state index is 0.0218. The summed E-state index contributed by atoms with van der Waals surface area (Å²) in [5, 5.41) is 10.5. The highest BCUT2D eigenvalue weighted by atomic mass is 19.1. The lowest BCUT2D eigenvalue weighted by atomic mass is 10.1. The Kier molecular flexibility index (Phi) is 5.08. The molecule has 3 N–H and O–H groups in total. The van der Waals surface area contributed by atoms with Gasteiger partial charge in [0.1, 0.15) is 6.54 Å². The van der Waals surface area contributed by atoms with Crippen LogP contribution in [0.25, 0.3) is 0 Å². The fourth-order valence-electron chi connectivity index (χ4n) is 1.25. The highest BCUT2D eigenvalue weighted by Crippen LogP contribution is 2.20. The van der Waals surface area contributed by atoms with Crippen molar-refractivity contribution in [2.75, 3.05) is 13.2 Å². The first-order valence-corrected chi connectivity index (χ1v) is 5.36. The normalized spacial score (nSPS) is 11.4. The molecule has 1 atom stereocenters. The van der Waals surface area contributed by atoms with E-state index in [1.807, 2.05) is 0 Å². The molecular weight excluding hydrogens is 237 g/mol. The van der Waals surface area contributed by atoms with Crippen LogP contribution in [0, 0.1) is 17.1 Å². The van der Waals surface area contributed by atoms with Gasteiger partial charge in [-0.25, -0.2) is 4.39 Å². The van der Waals surface area contributed by atoms with Crippen LogP contribution < -0.4 is 15.8 Å². The lowest BCUT2D eigenvalue weighted by molar-refractivity contribution is -0.122. The smallest absolute Gasteiger partial charge is 0.258 e. The molecular formula is C12H14FN3O2. The Morgan fingerprint density at radius 2 is 2.39 bits per heavy atom. The molecule has 0 aromatic heterocycles. The number of nitriles is 1. The van der Waals surface area contributed by atoms with E-state index >= 15 is 0 Å². The molecule has 96 valence electrons. The first-order chi connectivity index (χ1) is 8.54. The Hall–Kier alpha value is -2.13. The number of ether oxygens (including phenoxy) is 1. The summed E-state index contributed by atoms with van der Waals surface area (Å²) in [7, 11) is 0. The summed E-state index contributed by atoms with van der Waals surface area (Å²) in [5.74, 6) is -1.07. The SMILES string of the molecule is C[C@@H](N)c1ccc(OCC(=O)NCC#N)c(F)c1. The van der Waals surface area contributed by atoms with Crippen molar-refractivity contribution >= 4 is 5.91 Å². The largest absolute Gasteiger partial charge is 0.481 e. The van der Waals surface area contributed by atoms with Gasteiger partial charge in [-0.1, -0.05) is 6.07 Å². The molecule has 1 rings (SSSR count). The molecule has 0 radical (unpaired) electrons. The summed E-state index contributed by atoms with van der Waals surface area (Å²) < 4.78 is 18.5. The highest BCUT2D eigenvalue weighted by molar-refractivity contribution is 5.77. The van der Waals surface area contributed by atoms with Gasteiger partial charge >= 0.3 is 0 Å². The monoisotopic (exact) mass is 251 g/mol. The zero-order valence-electron chi connectivity index (χ0n) is 9.94. The molecule has 1 aromatic rings. The molecule has 0 unspecified atom stereocenters. The number of halogens is 1. The number of nitrogens with one attached hydrogen (secondary N) is 1. The van der Waals surface area contributed by atoms with E-state index in [1.54, 1.807) is 19.1 Å². The Balaban J connectivity index is 2.58. The standard InChI is InChI=1S/C12H14FN3O2/c1-8(15)9-2-3-11(10(13)6-9)18-7-12(17)16-5-4-14/h2-3,6,8H,5,7,15H2,1H3,(H,16,17)/t8-/m1/s1. The number of rotatable bonds is 5. The van der Waals surface area contributed by atoms with Crippen molar-refractivity contribution in [1.29, 1.82) is 5.26 Å². The number of nitrogens with two attached hydrogens (primary N) is 1. The maximum atomic E-state index is 13.5. The third-order valence-electron chi connectivity index (χ3n) is 2.21. The van der Waals surface area contributed by atoms with Crippen LogP contribution in [0.15, 0.2) is 18.2 Å². The van der Waals surface area contributed by atoms with E-state index in [9.17, 15) is 9.18 Å². The Morgan fingerprint density at radius 1 is 1.67 bits per heavy atom. The van der Waals surface area contributed by atoms with Crippen molar-refractivity contribution in [2.45, 2.75) is 13.0 Å². The minimum Gasteiger partial charge on any atom is -0.481 e. The van der Waals surface area contributed by atoms with Crippen molar-refractivity contribution in [3.8, 4) is 11.8 Å². The summed E-state index contributed by atoms with van der Waals surface area (Å²) in [5.41, 5.74) is 6.25. The first kappa shape index (κ1) is 13.9. The second kappa shape index (κ2) is 6.57. The van der Waals surface area contributed by atoms with E-state index in [0.29, 0.717) is 5.56 Å². The summed E-state index contributed by atoms with van der Waals surface area (Å²) in [6, 6.07) is 5.81. The molecule has 0 aliphatic heterocycles. The summed E-state index contributed by atoms with van der Waals surface area (Å²) in [6.45, 7) is 1.30. The zero-order chi connectivity index (χ0) is 13.5. The quantitative estimate of drug-likeness (QED) is 0.760. The molecule has 0 spiro atoms. The van der Waals surface area contributed by atoms with Crippen LogP contribution in [-0.4, -0.2) is 19.1 Å². The predicted octanol–water partition coefficient (Wildman–Crippen LogP) is 0.864. The third kappa shape index (κ3) is 4.03. The predicted molar refractivity (Wildman–Crippen MR) is 63.1 cm³/mol. The zero-order valence-corrected chi connectivity index (χ0v) is 9.94.